The molecule has 0 radical (unpaired) electrons. The number of H-pyrrole nitrogens is 1. The standard InChI is InChI=1S/C14H14N4/c1-8-5-9(2)13-11(6-8)17-14(18-13)10-3-4-16-12(15)7-10/h3-7H,1-2H3,(H2,15,16)(H,17,18). The first-order valence-corrected chi connectivity index (χ1v) is 5.82. The molecule has 2 heterocycles. The lowest BCUT2D eigenvalue weighted by molar-refractivity contribution is 1.29. The Morgan fingerprint density at radius 3 is 2.78 bits per heavy atom. The van der Waals surface area contributed by atoms with Gasteiger partial charge in [-0.15, -0.1) is 0 Å². The van der Waals surface area contributed by atoms with E-state index in [0.29, 0.717) is 5.82 Å². The van der Waals surface area contributed by atoms with E-state index in [1.807, 2.05) is 12.1 Å². The summed E-state index contributed by atoms with van der Waals surface area (Å²) in [5.74, 6) is 1.33. The Morgan fingerprint density at radius 2 is 2.00 bits per heavy atom. The van der Waals surface area contributed by atoms with Crippen LogP contribution in [-0.4, -0.2) is 15.0 Å². The van der Waals surface area contributed by atoms with Crippen molar-refractivity contribution in [3.8, 4) is 11.4 Å². The highest BCUT2D eigenvalue weighted by Gasteiger charge is 2.08. The molecule has 0 saturated carbocycles. The molecule has 3 rings (SSSR count). The molecule has 0 spiro atoms. The van der Waals surface area contributed by atoms with Gasteiger partial charge in [0.15, 0.2) is 0 Å². The van der Waals surface area contributed by atoms with E-state index in [1.165, 1.54) is 11.1 Å². The van der Waals surface area contributed by atoms with Gasteiger partial charge >= 0.3 is 0 Å². The third-order valence-corrected chi connectivity index (χ3v) is 2.98. The minimum absolute atomic E-state index is 0.501. The molecule has 0 aliphatic rings. The average Bonchev–Trinajstić information content (AvgIpc) is 2.73. The van der Waals surface area contributed by atoms with Crippen LogP contribution in [0.3, 0.4) is 0 Å². The number of imidazole rings is 1. The van der Waals surface area contributed by atoms with Crippen molar-refractivity contribution in [1.82, 2.24) is 15.0 Å². The van der Waals surface area contributed by atoms with Gasteiger partial charge in [-0.1, -0.05) is 6.07 Å². The largest absolute Gasteiger partial charge is 0.384 e. The van der Waals surface area contributed by atoms with Gasteiger partial charge in [0.2, 0.25) is 0 Å². The number of pyridine rings is 1. The van der Waals surface area contributed by atoms with E-state index in [4.69, 9.17) is 5.73 Å². The number of fused-ring (bicyclic) bond motifs is 1. The monoisotopic (exact) mass is 238 g/mol. The van der Waals surface area contributed by atoms with Crippen LogP contribution in [0.1, 0.15) is 11.1 Å². The second kappa shape index (κ2) is 3.84. The van der Waals surface area contributed by atoms with Gasteiger partial charge in [-0.25, -0.2) is 9.97 Å². The zero-order valence-corrected chi connectivity index (χ0v) is 10.4. The number of nitrogen functional groups attached to an aromatic ring is 1. The lowest BCUT2D eigenvalue weighted by Gasteiger charge is -1.96. The molecule has 18 heavy (non-hydrogen) atoms. The maximum atomic E-state index is 5.69. The molecule has 2 aromatic heterocycles. The summed E-state index contributed by atoms with van der Waals surface area (Å²) in [6.07, 6.45) is 1.69. The molecule has 90 valence electrons. The van der Waals surface area contributed by atoms with Crippen LogP contribution >= 0.6 is 0 Å². The number of nitrogens with one attached hydrogen (secondary N) is 1. The lowest BCUT2D eigenvalue weighted by atomic mass is 10.1. The molecule has 4 nitrogen and oxygen atoms in total. The number of benzene rings is 1. The quantitative estimate of drug-likeness (QED) is 0.685. The second-order valence-electron chi connectivity index (χ2n) is 4.53. The molecule has 0 fully saturated rings. The van der Waals surface area contributed by atoms with Gasteiger partial charge in [0.1, 0.15) is 11.6 Å². The van der Waals surface area contributed by atoms with Crippen LogP contribution in [0.4, 0.5) is 5.82 Å². The summed E-state index contributed by atoms with van der Waals surface area (Å²) in [5.41, 5.74) is 11.1. The maximum absolute atomic E-state index is 5.69. The van der Waals surface area contributed by atoms with Crippen molar-refractivity contribution in [3.05, 3.63) is 41.6 Å². The maximum Gasteiger partial charge on any atom is 0.138 e. The van der Waals surface area contributed by atoms with Crippen molar-refractivity contribution in [2.24, 2.45) is 0 Å². The Labute approximate surface area is 105 Å². The van der Waals surface area contributed by atoms with Crippen molar-refractivity contribution in [2.75, 3.05) is 5.73 Å². The zero-order valence-electron chi connectivity index (χ0n) is 10.4. The van der Waals surface area contributed by atoms with Crippen LogP contribution < -0.4 is 5.73 Å². The Morgan fingerprint density at radius 1 is 1.17 bits per heavy atom. The molecule has 0 amide bonds. The fourth-order valence-corrected chi connectivity index (χ4v) is 2.20. The summed E-state index contributed by atoms with van der Waals surface area (Å²) in [5, 5.41) is 0. The average molecular weight is 238 g/mol. The van der Waals surface area contributed by atoms with E-state index in [1.54, 1.807) is 6.20 Å². The smallest absolute Gasteiger partial charge is 0.138 e. The molecule has 0 bridgehead atoms. The first-order chi connectivity index (χ1) is 8.63. The molecule has 0 aliphatic heterocycles. The number of aromatic nitrogens is 3. The number of aromatic amines is 1. The second-order valence-corrected chi connectivity index (χ2v) is 4.53. The van der Waals surface area contributed by atoms with Crippen molar-refractivity contribution >= 4 is 16.9 Å². The number of nitrogens with zero attached hydrogens (tertiary/aromatic N) is 2. The van der Waals surface area contributed by atoms with Crippen molar-refractivity contribution in [2.45, 2.75) is 13.8 Å². The number of hydrogen-bond acceptors (Lipinski definition) is 3. The molecular weight excluding hydrogens is 224 g/mol. The molecule has 0 aliphatic carbocycles. The zero-order chi connectivity index (χ0) is 12.7. The van der Waals surface area contributed by atoms with E-state index in [-0.39, 0.29) is 0 Å². The van der Waals surface area contributed by atoms with Gasteiger partial charge in [-0.05, 0) is 43.2 Å². The molecular formula is C14H14N4. The van der Waals surface area contributed by atoms with Gasteiger partial charge in [0.25, 0.3) is 0 Å². The van der Waals surface area contributed by atoms with Crippen LogP contribution in [0, 0.1) is 13.8 Å². The van der Waals surface area contributed by atoms with E-state index in [9.17, 15) is 0 Å². The van der Waals surface area contributed by atoms with E-state index >= 15 is 0 Å². The summed E-state index contributed by atoms with van der Waals surface area (Å²) in [4.78, 5) is 11.9. The summed E-state index contributed by atoms with van der Waals surface area (Å²) < 4.78 is 0. The van der Waals surface area contributed by atoms with Gasteiger partial charge < -0.3 is 10.7 Å². The summed E-state index contributed by atoms with van der Waals surface area (Å²) in [7, 11) is 0. The van der Waals surface area contributed by atoms with Crippen molar-refractivity contribution in [1.29, 1.82) is 0 Å². The van der Waals surface area contributed by atoms with E-state index < -0.39 is 0 Å². The van der Waals surface area contributed by atoms with Gasteiger partial charge in [0.05, 0.1) is 11.0 Å². The number of anilines is 1. The SMILES string of the molecule is Cc1cc(C)c2nc(-c3ccnc(N)c3)[nH]c2c1. The summed E-state index contributed by atoms with van der Waals surface area (Å²) in [6.45, 7) is 4.15. The topological polar surface area (TPSA) is 67.6 Å². The van der Waals surface area contributed by atoms with E-state index in [0.717, 1.165) is 22.4 Å². The minimum Gasteiger partial charge on any atom is -0.384 e. The molecule has 0 saturated heterocycles. The number of rotatable bonds is 1. The Balaban J connectivity index is 2.22. The highest BCUT2D eigenvalue weighted by atomic mass is 14.9. The molecule has 0 atom stereocenters. The molecule has 0 unspecified atom stereocenters. The first-order valence-electron chi connectivity index (χ1n) is 5.82. The third kappa shape index (κ3) is 1.72. The normalized spacial score (nSPS) is 11.0. The van der Waals surface area contributed by atoms with E-state index in [2.05, 4.69) is 40.9 Å². The van der Waals surface area contributed by atoms with Crippen molar-refractivity contribution < 1.29 is 0 Å². The van der Waals surface area contributed by atoms with Gasteiger partial charge in [0, 0.05) is 11.8 Å². The molecule has 1 aromatic carbocycles. The number of aryl methyl sites for hydroxylation is 2. The van der Waals surface area contributed by atoms with Crippen LogP contribution in [0.5, 0.6) is 0 Å². The Kier molecular flexibility index (Phi) is 2.30. The molecule has 3 aromatic rings. The fourth-order valence-electron chi connectivity index (χ4n) is 2.20. The van der Waals surface area contributed by atoms with Crippen LogP contribution in [-0.2, 0) is 0 Å². The van der Waals surface area contributed by atoms with Gasteiger partial charge in [-0.2, -0.15) is 0 Å². The van der Waals surface area contributed by atoms with Crippen LogP contribution in [0.15, 0.2) is 30.5 Å². The summed E-state index contributed by atoms with van der Waals surface area (Å²) >= 11 is 0. The Bertz CT molecular complexity index is 728. The highest BCUT2D eigenvalue weighted by Crippen LogP contribution is 2.24. The molecule has 4 heteroatoms. The van der Waals surface area contributed by atoms with Crippen LogP contribution in [0.25, 0.3) is 22.4 Å². The summed E-state index contributed by atoms with van der Waals surface area (Å²) in [6, 6.07) is 7.95. The highest BCUT2D eigenvalue weighted by molar-refractivity contribution is 5.83. The first kappa shape index (κ1) is 10.8. The van der Waals surface area contributed by atoms with Crippen molar-refractivity contribution in [3.63, 3.8) is 0 Å². The fraction of sp³-hybridized carbons (Fsp3) is 0.143. The predicted molar refractivity (Wildman–Crippen MR) is 73.2 cm³/mol. The predicted octanol–water partition coefficient (Wildman–Crippen LogP) is 2.82. The van der Waals surface area contributed by atoms with Crippen LogP contribution in [0.2, 0.25) is 0 Å². The molecule has 3 N–H and O–H groups in total. The number of nitrogens with two attached hydrogens (primary N) is 1. The Hall–Kier alpha value is -2.36. The minimum atomic E-state index is 0.501. The third-order valence-electron chi connectivity index (χ3n) is 2.98. The van der Waals surface area contributed by atoms with Gasteiger partial charge in [-0.3, -0.25) is 0 Å². The number of hydrogen-bond donors (Lipinski definition) is 2. The lowest BCUT2D eigenvalue weighted by Crippen LogP contribution is -1.90.